The summed E-state index contributed by atoms with van der Waals surface area (Å²) in [5, 5.41) is 3.21. The van der Waals surface area contributed by atoms with Crippen LogP contribution in [0.25, 0.3) is 0 Å². The summed E-state index contributed by atoms with van der Waals surface area (Å²) in [6, 6.07) is 0. The molecule has 0 saturated carbocycles. The summed E-state index contributed by atoms with van der Waals surface area (Å²) in [4.78, 5) is 11.1. The monoisotopic (exact) mass is 208 g/mol. The van der Waals surface area contributed by atoms with Crippen molar-refractivity contribution < 1.29 is 4.58 Å². The molecule has 0 aromatic rings. The van der Waals surface area contributed by atoms with Gasteiger partial charge in [-0.2, -0.15) is 4.99 Å². The second kappa shape index (κ2) is 4.00. The first-order chi connectivity index (χ1) is 7.16. The van der Waals surface area contributed by atoms with Gasteiger partial charge in [-0.1, -0.05) is 4.99 Å². The Hall–Kier alpha value is -1.39. The Labute approximate surface area is 90.2 Å². The van der Waals surface area contributed by atoms with Crippen molar-refractivity contribution in [3.05, 3.63) is 0 Å². The number of hydrogen-bond acceptors (Lipinski definition) is 4. The molecule has 0 bridgehead atoms. The Morgan fingerprint density at radius 1 is 1.40 bits per heavy atom. The average molecular weight is 208 g/mol. The highest BCUT2D eigenvalue weighted by atomic mass is 15.4. The molecule has 15 heavy (non-hydrogen) atoms. The first-order valence-corrected chi connectivity index (χ1v) is 5.38. The molecular weight excluding hydrogens is 190 g/mol. The molecular formula is C10H18N5+. The van der Waals surface area contributed by atoms with Gasteiger partial charge in [0.2, 0.25) is 6.17 Å². The predicted molar refractivity (Wildman–Crippen MR) is 61.6 cm³/mol. The molecule has 0 aromatic carbocycles. The lowest BCUT2D eigenvalue weighted by atomic mass is 10.4. The van der Waals surface area contributed by atoms with Gasteiger partial charge in [-0.3, -0.25) is 0 Å². The van der Waals surface area contributed by atoms with Crippen LogP contribution in [0.3, 0.4) is 0 Å². The molecule has 1 saturated heterocycles. The molecule has 5 nitrogen and oxygen atoms in total. The topological polar surface area (TPSA) is 43.0 Å². The zero-order valence-corrected chi connectivity index (χ0v) is 9.40. The SMILES string of the molecule is C=[N+](C)C1=NC(C)N=C(N2CCCC2)N1. The minimum atomic E-state index is -0.0129. The molecule has 0 amide bonds. The number of likely N-dealkylation sites (tertiary alicyclic amines) is 1. The van der Waals surface area contributed by atoms with Crippen LogP contribution in [0.2, 0.25) is 0 Å². The summed E-state index contributed by atoms with van der Waals surface area (Å²) < 4.78 is 1.74. The number of rotatable bonds is 0. The molecule has 5 heteroatoms. The van der Waals surface area contributed by atoms with E-state index in [2.05, 4.69) is 26.9 Å². The highest BCUT2D eigenvalue weighted by molar-refractivity contribution is 5.97. The van der Waals surface area contributed by atoms with Gasteiger partial charge in [-0.25, -0.2) is 9.89 Å². The highest BCUT2D eigenvalue weighted by Crippen LogP contribution is 2.10. The van der Waals surface area contributed by atoms with E-state index in [0.29, 0.717) is 0 Å². The molecule has 2 rings (SSSR count). The van der Waals surface area contributed by atoms with Gasteiger partial charge < -0.3 is 4.90 Å². The fourth-order valence-electron chi connectivity index (χ4n) is 1.83. The van der Waals surface area contributed by atoms with E-state index in [1.165, 1.54) is 12.8 Å². The van der Waals surface area contributed by atoms with Crippen LogP contribution in [-0.4, -0.2) is 54.4 Å². The van der Waals surface area contributed by atoms with E-state index in [1.807, 2.05) is 14.0 Å². The number of guanidine groups is 2. The van der Waals surface area contributed by atoms with E-state index in [-0.39, 0.29) is 6.17 Å². The third kappa shape index (κ3) is 2.16. The van der Waals surface area contributed by atoms with Crippen molar-refractivity contribution in [1.82, 2.24) is 10.2 Å². The molecule has 2 aliphatic rings. The molecule has 1 fully saturated rings. The Morgan fingerprint density at radius 2 is 2.07 bits per heavy atom. The maximum Gasteiger partial charge on any atom is 0.395 e. The van der Waals surface area contributed by atoms with Crippen LogP contribution in [0.15, 0.2) is 9.98 Å². The number of nitrogens with one attached hydrogen (secondary N) is 1. The van der Waals surface area contributed by atoms with Gasteiger partial charge >= 0.3 is 5.96 Å². The molecule has 0 aliphatic carbocycles. The largest absolute Gasteiger partial charge is 0.395 e. The molecule has 1 N–H and O–H groups in total. The van der Waals surface area contributed by atoms with E-state index in [9.17, 15) is 0 Å². The van der Waals surface area contributed by atoms with Crippen LogP contribution in [0.1, 0.15) is 19.8 Å². The van der Waals surface area contributed by atoms with E-state index < -0.39 is 0 Å². The van der Waals surface area contributed by atoms with Crippen molar-refractivity contribution in [2.24, 2.45) is 9.98 Å². The lowest BCUT2D eigenvalue weighted by Crippen LogP contribution is -2.48. The van der Waals surface area contributed by atoms with Crippen molar-refractivity contribution in [2.45, 2.75) is 25.9 Å². The fraction of sp³-hybridized carbons (Fsp3) is 0.700. The standard InChI is InChI=1S/C10H18N5/c1-8-11-9(14(2)3)13-10(12-8)15-6-4-5-7-15/h8H,2,4-7H2,1,3H3,(H,11,12,13)/q+1. The summed E-state index contributed by atoms with van der Waals surface area (Å²) in [7, 11) is 1.88. The minimum Gasteiger partial charge on any atom is -0.330 e. The number of nitrogens with zero attached hydrogens (tertiary/aromatic N) is 4. The molecule has 0 radical (unpaired) electrons. The molecule has 82 valence electrons. The van der Waals surface area contributed by atoms with E-state index in [0.717, 1.165) is 25.0 Å². The maximum absolute atomic E-state index is 4.49. The van der Waals surface area contributed by atoms with Crippen molar-refractivity contribution in [1.29, 1.82) is 0 Å². The lowest BCUT2D eigenvalue weighted by Gasteiger charge is -2.20. The second-order valence-electron chi connectivity index (χ2n) is 4.05. The van der Waals surface area contributed by atoms with Gasteiger partial charge in [-0.15, -0.1) is 0 Å². The Morgan fingerprint density at radius 3 is 2.67 bits per heavy atom. The average Bonchev–Trinajstić information content (AvgIpc) is 2.69. The molecule has 2 aliphatic heterocycles. The van der Waals surface area contributed by atoms with E-state index in [4.69, 9.17) is 0 Å². The van der Waals surface area contributed by atoms with Crippen molar-refractivity contribution in [3.63, 3.8) is 0 Å². The van der Waals surface area contributed by atoms with E-state index in [1.54, 1.807) is 4.58 Å². The summed E-state index contributed by atoms with van der Waals surface area (Å²) in [6.45, 7) is 7.99. The maximum atomic E-state index is 4.49. The summed E-state index contributed by atoms with van der Waals surface area (Å²) in [5.41, 5.74) is 0. The Kier molecular flexibility index (Phi) is 2.70. The van der Waals surface area contributed by atoms with Gasteiger partial charge in [0.15, 0.2) is 0 Å². The van der Waals surface area contributed by atoms with Gasteiger partial charge in [-0.05, 0) is 19.8 Å². The van der Waals surface area contributed by atoms with Gasteiger partial charge in [0, 0.05) is 19.8 Å². The third-order valence-corrected chi connectivity index (χ3v) is 2.61. The summed E-state index contributed by atoms with van der Waals surface area (Å²) in [6.07, 6.45) is 2.49. The van der Waals surface area contributed by atoms with Gasteiger partial charge in [0.1, 0.15) is 0 Å². The van der Waals surface area contributed by atoms with Crippen LogP contribution in [0.4, 0.5) is 0 Å². The predicted octanol–water partition coefficient (Wildman–Crippen LogP) is 0.0863. The zero-order chi connectivity index (χ0) is 10.8. The van der Waals surface area contributed by atoms with Crippen LogP contribution in [-0.2, 0) is 0 Å². The van der Waals surface area contributed by atoms with Crippen LogP contribution >= 0.6 is 0 Å². The Bertz CT molecular complexity index is 325. The smallest absolute Gasteiger partial charge is 0.330 e. The van der Waals surface area contributed by atoms with Gasteiger partial charge in [0.25, 0.3) is 5.96 Å². The molecule has 1 atom stereocenters. The highest BCUT2D eigenvalue weighted by Gasteiger charge is 2.27. The van der Waals surface area contributed by atoms with Crippen molar-refractivity contribution in [3.8, 4) is 0 Å². The zero-order valence-electron chi connectivity index (χ0n) is 9.40. The first-order valence-electron chi connectivity index (χ1n) is 5.38. The third-order valence-electron chi connectivity index (χ3n) is 2.61. The van der Waals surface area contributed by atoms with Crippen LogP contribution in [0.5, 0.6) is 0 Å². The molecule has 1 unspecified atom stereocenters. The lowest BCUT2D eigenvalue weighted by molar-refractivity contribution is -0.365. The van der Waals surface area contributed by atoms with Crippen molar-refractivity contribution in [2.75, 3.05) is 20.1 Å². The van der Waals surface area contributed by atoms with Crippen LogP contribution < -0.4 is 5.32 Å². The normalized spacial score (nSPS) is 25.7. The van der Waals surface area contributed by atoms with Gasteiger partial charge in [0.05, 0.1) is 7.05 Å². The quantitative estimate of drug-likeness (QED) is 0.453. The molecule has 0 aromatic heterocycles. The van der Waals surface area contributed by atoms with Crippen molar-refractivity contribution >= 4 is 18.6 Å². The first kappa shape index (κ1) is 10.1. The summed E-state index contributed by atoms with van der Waals surface area (Å²) >= 11 is 0. The fourth-order valence-corrected chi connectivity index (χ4v) is 1.83. The summed E-state index contributed by atoms with van der Waals surface area (Å²) in [5.74, 6) is 1.74. The van der Waals surface area contributed by atoms with Crippen LogP contribution in [0, 0.1) is 0 Å². The molecule has 2 heterocycles. The second-order valence-corrected chi connectivity index (χ2v) is 4.05. The number of hydrogen-bond donors (Lipinski definition) is 1. The minimum absolute atomic E-state index is 0.0129. The number of aliphatic imine (C=N–C) groups is 2. The molecule has 0 spiro atoms. The van der Waals surface area contributed by atoms with E-state index >= 15 is 0 Å². The Balaban J connectivity index is 2.11.